The molecule has 1 N–H and O–H groups in total. The molecule has 0 spiro atoms. The van der Waals surface area contributed by atoms with E-state index in [1.807, 2.05) is 53.9 Å². The molecule has 0 saturated heterocycles. The summed E-state index contributed by atoms with van der Waals surface area (Å²) in [6.07, 6.45) is 3.09. The summed E-state index contributed by atoms with van der Waals surface area (Å²) in [6, 6.07) is 9.79. The highest BCUT2D eigenvalue weighted by Gasteiger charge is 2.52. The van der Waals surface area contributed by atoms with Gasteiger partial charge in [0.1, 0.15) is 6.33 Å². The Morgan fingerprint density at radius 3 is 2.74 bits per heavy atom. The van der Waals surface area contributed by atoms with E-state index in [4.69, 9.17) is 4.84 Å². The smallest absolute Gasteiger partial charge is 0.165 e. The molecule has 3 heterocycles. The van der Waals surface area contributed by atoms with Crippen LogP contribution in [0.25, 0.3) is 11.2 Å². The average molecular weight is 364 g/mol. The van der Waals surface area contributed by atoms with Crippen LogP contribution in [0.15, 0.2) is 48.1 Å². The van der Waals surface area contributed by atoms with Gasteiger partial charge in [0.2, 0.25) is 0 Å². The van der Waals surface area contributed by atoms with Crippen molar-refractivity contribution in [1.29, 1.82) is 0 Å². The highest BCUT2D eigenvalue weighted by molar-refractivity contribution is 6.03. The van der Waals surface area contributed by atoms with E-state index in [0.717, 1.165) is 28.3 Å². The molecule has 0 radical (unpaired) electrons. The van der Waals surface area contributed by atoms with E-state index >= 15 is 0 Å². The number of oxime groups is 1. The van der Waals surface area contributed by atoms with E-state index < -0.39 is 6.10 Å². The van der Waals surface area contributed by atoms with E-state index in [0.29, 0.717) is 6.42 Å². The minimum Gasteiger partial charge on any atom is -0.392 e. The number of aliphatic hydroxyl groups is 1. The van der Waals surface area contributed by atoms with Gasteiger partial charge in [0, 0.05) is 14.1 Å². The van der Waals surface area contributed by atoms with Crippen molar-refractivity contribution in [2.24, 2.45) is 11.1 Å². The molecule has 3 aromatic rings. The van der Waals surface area contributed by atoms with Crippen LogP contribution < -0.4 is 4.90 Å². The molecule has 138 valence electrons. The van der Waals surface area contributed by atoms with Crippen molar-refractivity contribution in [2.45, 2.75) is 24.7 Å². The van der Waals surface area contributed by atoms with Crippen LogP contribution >= 0.6 is 0 Å². The maximum absolute atomic E-state index is 10.8. The number of hydrogen-bond donors (Lipinski definition) is 1. The topological polar surface area (TPSA) is 88.7 Å². The second-order valence-corrected chi connectivity index (χ2v) is 7.22. The van der Waals surface area contributed by atoms with Crippen molar-refractivity contribution in [3.05, 3.63) is 48.5 Å². The Morgan fingerprint density at radius 2 is 1.96 bits per heavy atom. The Kier molecular flexibility index (Phi) is 3.61. The van der Waals surface area contributed by atoms with E-state index in [9.17, 15) is 5.11 Å². The van der Waals surface area contributed by atoms with Gasteiger partial charge in [-0.3, -0.25) is 0 Å². The summed E-state index contributed by atoms with van der Waals surface area (Å²) in [5.41, 5.74) is 3.27. The third-order valence-corrected chi connectivity index (χ3v) is 5.41. The molecule has 8 heteroatoms. The number of anilines is 1. The summed E-state index contributed by atoms with van der Waals surface area (Å²) < 4.78 is 1.99. The molecule has 2 aliphatic rings. The van der Waals surface area contributed by atoms with E-state index in [2.05, 4.69) is 20.1 Å². The van der Waals surface area contributed by atoms with Crippen molar-refractivity contribution in [1.82, 2.24) is 19.5 Å². The monoisotopic (exact) mass is 364 g/mol. The lowest BCUT2D eigenvalue weighted by Crippen LogP contribution is -2.29. The number of nitrogens with zero attached hydrogens (tertiary/aromatic N) is 6. The highest BCUT2D eigenvalue weighted by atomic mass is 16.6. The number of imidazole rings is 1. The van der Waals surface area contributed by atoms with Crippen LogP contribution in [0.2, 0.25) is 0 Å². The molecule has 5 rings (SSSR count). The summed E-state index contributed by atoms with van der Waals surface area (Å²) in [4.78, 5) is 21.0. The van der Waals surface area contributed by atoms with Crippen LogP contribution in [0.4, 0.5) is 5.82 Å². The number of aliphatic hydroxyl groups excluding tert-OH is 1. The first-order chi connectivity index (χ1) is 13.1. The van der Waals surface area contributed by atoms with Gasteiger partial charge in [-0.1, -0.05) is 35.5 Å². The Morgan fingerprint density at radius 1 is 1.15 bits per heavy atom. The lowest BCUT2D eigenvalue weighted by atomic mass is 9.92. The van der Waals surface area contributed by atoms with Gasteiger partial charge in [-0.05, 0) is 12.0 Å². The Labute approximate surface area is 156 Å². The number of fused-ring (bicyclic) bond motifs is 2. The van der Waals surface area contributed by atoms with E-state index in [-0.39, 0.29) is 18.1 Å². The summed E-state index contributed by atoms with van der Waals surface area (Å²) in [5.74, 6) is 0.604. The lowest BCUT2D eigenvalue weighted by molar-refractivity contribution is 0.0380. The van der Waals surface area contributed by atoms with Gasteiger partial charge in [0.25, 0.3) is 0 Å². The van der Waals surface area contributed by atoms with Crippen LogP contribution in [-0.4, -0.2) is 56.6 Å². The van der Waals surface area contributed by atoms with Gasteiger partial charge >= 0.3 is 0 Å². The molecule has 1 aromatic carbocycles. The fourth-order valence-corrected chi connectivity index (χ4v) is 4.17. The Hall–Kier alpha value is -3.00. The quantitative estimate of drug-likeness (QED) is 0.760. The first-order valence-corrected chi connectivity index (χ1v) is 8.97. The van der Waals surface area contributed by atoms with Crippen LogP contribution in [0.5, 0.6) is 0 Å². The molecule has 1 aliphatic heterocycles. The summed E-state index contributed by atoms with van der Waals surface area (Å²) in [5, 5.41) is 15.1. The molecule has 1 fully saturated rings. The van der Waals surface area contributed by atoms with Crippen molar-refractivity contribution in [2.75, 3.05) is 19.0 Å². The lowest BCUT2D eigenvalue weighted by Gasteiger charge is -2.18. The molecular formula is C19H20N6O2. The molecular weight excluding hydrogens is 344 g/mol. The molecule has 2 aromatic heterocycles. The van der Waals surface area contributed by atoms with Crippen LogP contribution in [0.3, 0.4) is 0 Å². The maximum atomic E-state index is 10.8. The predicted octanol–water partition coefficient (Wildman–Crippen LogP) is 1.62. The fourth-order valence-electron chi connectivity index (χ4n) is 4.17. The Bertz CT molecular complexity index is 1020. The minimum absolute atomic E-state index is 0.0927. The summed E-state index contributed by atoms with van der Waals surface area (Å²) in [6.45, 7) is 0. The van der Waals surface area contributed by atoms with Gasteiger partial charge in [0.15, 0.2) is 23.1 Å². The zero-order valence-electron chi connectivity index (χ0n) is 15.1. The molecule has 1 saturated carbocycles. The van der Waals surface area contributed by atoms with E-state index in [1.54, 1.807) is 12.7 Å². The molecule has 0 bridgehead atoms. The van der Waals surface area contributed by atoms with Crippen molar-refractivity contribution >= 4 is 22.7 Å². The number of benzene rings is 1. The summed E-state index contributed by atoms with van der Waals surface area (Å²) >= 11 is 0. The maximum Gasteiger partial charge on any atom is 0.165 e. The van der Waals surface area contributed by atoms with E-state index in [1.165, 1.54) is 0 Å². The van der Waals surface area contributed by atoms with Crippen LogP contribution in [-0.2, 0) is 4.84 Å². The van der Waals surface area contributed by atoms with Gasteiger partial charge in [0.05, 0.1) is 30.1 Å². The highest BCUT2D eigenvalue weighted by Crippen LogP contribution is 2.44. The van der Waals surface area contributed by atoms with Crippen molar-refractivity contribution in [3.8, 4) is 0 Å². The normalized spacial score (nSPS) is 26.7. The molecule has 4 atom stereocenters. The average Bonchev–Trinajstić information content (AvgIpc) is 3.37. The summed E-state index contributed by atoms with van der Waals surface area (Å²) in [7, 11) is 3.85. The third kappa shape index (κ3) is 2.40. The van der Waals surface area contributed by atoms with Gasteiger partial charge in [-0.15, -0.1) is 0 Å². The minimum atomic E-state index is -0.533. The zero-order chi connectivity index (χ0) is 18.5. The molecule has 8 nitrogen and oxygen atoms in total. The SMILES string of the molecule is CN(C)c1ncnc2c1ncn2[C@@H]1C[C@H](O)[C@H]2C(c3ccccc3)=NO[C@H]21. The Balaban J connectivity index is 1.52. The molecule has 0 amide bonds. The fraction of sp³-hybridized carbons (Fsp3) is 0.368. The predicted molar refractivity (Wildman–Crippen MR) is 101 cm³/mol. The second kappa shape index (κ2) is 6.02. The molecule has 0 unspecified atom stereocenters. The first-order valence-electron chi connectivity index (χ1n) is 8.97. The zero-order valence-corrected chi connectivity index (χ0v) is 15.1. The molecule has 1 aliphatic carbocycles. The van der Waals surface area contributed by atoms with Gasteiger partial charge < -0.3 is 19.4 Å². The van der Waals surface area contributed by atoms with Crippen molar-refractivity contribution in [3.63, 3.8) is 0 Å². The number of aromatic nitrogens is 4. The number of hydrogen-bond acceptors (Lipinski definition) is 7. The largest absolute Gasteiger partial charge is 0.392 e. The molecule has 27 heavy (non-hydrogen) atoms. The van der Waals surface area contributed by atoms with Crippen LogP contribution in [0, 0.1) is 5.92 Å². The van der Waals surface area contributed by atoms with Crippen LogP contribution in [0.1, 0.15) is 18.0 Å². The first kappa shape index (κ1) is 16.2. The van der Waals surface area contributed by atoms with Crippen molar-refractivity contribution < 1.29 is 9.94 Å². The second-order valence-electron chi connectivity index (χ2n) is 7.22. The standard InChI is InChI=1S/C19H20N6O2/c1-24(2)18-16-19(21-9-20-18)25(10-22-16)12-8-13(26)14-15(23-27-17(12)14)11-6-4-3-5-7-11/h3-7,9-10,12-14,17,26H,8H2,1-2H3/t12-,13+,14+,17+/m1/s1. The number of rotatable bonds is 3. The van der Waals surface area contributed by atoms with Gasteiger partial charge in [-0.25, -0.2) is 15.0 Å². The third-order valence-electron chi connectivity index (χ3n) is 5.41. The van der Waals surface area contributed by atoms with Gasteiger partial charge in [-0.2, -0.15) is 0 Å².